The maximum Gasteiger partial charge on any atom is 0.261 e. The van der Waals surface area contributed by atoms with Crippen LogP contribution in [0.5, 0.6) is 17.2 Å². The van der Waals surface area contributed by atoms with E-state index in [4.69, 9.17) is 14.2 Å². The molecule has 0 saturated carbocycles. The molecule has 0 bridgehead atoms. The molecule has 5 rings (SSSR count). The molecule has 1 aliphatic heterocycles. The third-order valence-corrected chi connectivity index (χ3v) is 8.44. The van der Waals surface area contributed by atoms with Crippen molar-refractivity contribution in [3.8, 4) is 17.2 Å². The first-order valence-electron chi connectivity index (χ1n) is 11.8. The zero-order chi connectivity index (χ0) is 25.4. The maximum absolute atomic E-state index is 13.2. The van der Waals surface area contributed by atoms with E-state index in [9.17, 15) is 8.42 Å². The second-order valence-corrected chi connectivity index (χ2v) is 10.8. The lowest BCUT2D eigenvalue weighted by molar-refractivity contribution is 0.322. The summed E-state index contributed by atoms with van der Waals surface area (Å²) >= 11 is 0. The van der Waals surface area contributed by atoms with Crippen LogP contribution < -0.4 is 24.2 Å². The summed E-state index contributed by atoms with van der Waals surface area (Å²) in [7, 11) is 1.07. The predicted octanol–water partition coefficient (Wildman–Crippen LogP) is 5.65. The van der Waals surface area contributed by atoms with E-state index in [0.29, 0.717) is 22.9 Å². The standard InChI is InChI=1S/C28H30N2O5S/c1-17-8-5-6-11-23(17)30-36(31,32)19-12-13-24-22(16-19)20-9-7-10-21(20)27(29-24)18-14-25(33-2)28(35-4)26(15-18)34-3/h5-9,11-16,20-21,27,29-30H,10H2,1-4H3/t20-,21+,27+/m0/s1. The molecule has 3 atom stereocenters. The van der Waals surface area contributed by atoms with Crippen LogP contribution in [0.25, 0.3) is 0 Å². The summed E-state index contributed by atoms with van der Waals surface area (Å²) in [5.74, 6) is 2.05. The number of para-hydroxylation sites is 1. The molecular weight excluding hydrogens is 476 g/mol. The largest absolute Gasteiger partial charge is 0.493 e. The van der Waals surface area contributed by atoms with Crippen molar-refractivity contribution < 1.29 is 22.6 Å². The predicted molar refractivity (Wildman–Crippen MR) is 141 cm³/mol. The molecule has 3 aromatic rings. The van der Waals surface area contributed by atoms with Crippen molar-refractivity contribution >= 4 is 21.4 Å². The molecule has 1 heterocycles. The Kier molecular flexibility index (Phi) is 6.30. The lowest BCUT2D eigenvalue weighted by atomic mass is 9.77. The molecule has 0 aromatic heterocycles. The smallest absolute Gasteiger partial charge is 0.261 e. The van der Waals surface area contributed by atoms with Crippen molar-refractivity contribution in [3.05, 3.63) is 83.4 Å². The van der Waals surface area contributed by atoms with Crippen molar-refractivity contribution in [3.63, 3.8) is 0 Å². The summed E-state index contributed by atoms with van der Waals surface area (Å²) in [5.41, 5.74) is 4.36. The second kappa shape index (κ2) is 9.43. The average molecular weight is 507 g/mol. The normalized spacial score (nSPS) is 20.2. The van der Waals surface area contributed by atoms with Gasteiger partial charge in [-0.1, -0.05) is 30.4 Å². The highest BCUT2D eigenvalue weighted by molar-refractivity contribution is 7.92. The number of aryl methyl sites for hydroxylation is 1. The Morgan fingerprint density at radius 1 is 0.944 bits per heavy atom. The van der Waals surface area contributed by atoms with Gasteiger partial charge >= 0.3 is 0 Å². The molecule has 2 N–H and O–H groups in total. The van der Waals surface area contributed by atoms with E-state index in [-0.39, 0.29) is 22.8 Å². The van der Waals surface area contributed by atoms with Crippen LogP contribution in [0.1, 0.15) is 35.1 Å². The molecule has 0 saturated heterocycles. The molecule has 2 aliphatic rings. The molecule has 3 aromatic carbocycles. The minimum absolute atomic E-state index is 0.0150. The van der Waals surface area contributed by atoms with E-state index >= 15 is 0 Å². The lowest BCUT2D eigenvalue weighted by Gasteiger charge is -2.38. The Morgan fingerprint density at radius 3 is 2.33 bits per heavy atom. The Labute approximate surface area is 212 Å². The average Bonchev–Trinajstić information content (AvgIpc) is 3.38. The Hall–Kier alpha value is -3.65. The highest BCUT2D eigenvalue weighted by atomic mass is 32.2. The molecular formula is C28H30N2O5S. The number of allylic oxidation sites excluding steroid dienone is 2. The number of nitrogens with one attached hydrogen (secondary N) is 2. The summed E-state index contributed by atoms with van der Waals surface area (Å²) in [6, 6.07) is 16.6. The molecule has 0 spiro atoms. The first kappa shape index (κ1) is 24.1. The van der Waals surface area contributed by atoms with E-state index in [1.165, 1.54) is 0 Å². The fraction of sp³-hybridized carbons (Fsp3) is 0.286. The summed E-state index contributed by atoms with van der Waals surface area (Å²) in [6.07, 6.45) is 5.22. The summed E-state index contributed by atoms with van der Waals surface area (Å²) < 4.78 is 45.8. The van der Waals surface area contributed by atoms with Gasteiger partial charge in [0.1, 0.15) is 0 Å². The first-order valence-corrected chi connectivity index (χ1v) is 13.3. The quantitative estimate of drug-likeness (QED) is 0.403. The highest BCUT2D eigenvalue weighted by Crippen LogP contribution is 2.52. The number of hydrogen-bond acceptors (Lipinski definition) is 6. The van der Waals surface area contributed by atoms with Gasteiger partial charge in [0, 0.05) is 11.6 Å². The van der Waals surface area contributed by atoms with Crippen molar-refractivity contribution in [1.82, 2.24) is 0 Å². The molecule has 1 aliphatic carbocycles. The number of hydrogen-bond donors (Lipinski definition) is 2. The zero-order valence-electron chi connectivity index (χ0n) is 20.7. The van der Waals surface area contributed by atoms with E-state index < -0.39 is 10.0 Å². The van der Waals surface area contributed by atoms with E-state index in [1.54, 1.807) is 39.5 Å². The van der Waals surface area contributed by atoms with Gasteiger partial charge in [0.05, 0.1) is 38.0 Å². The molecule has 8 heteroatoms. The Bertz CT molecular complexity index is 1410. The van der Waals surface area contributed by atoms with Crippen molar-refractivity contribution in [1.29, 1.82) is 0 Å². The fourth-order valence-corrected chi connectivity index (χ4v) is 6.41. The van der Waals surface area contributed by atoms with Crippen molar-refractivity contribution in [2.45, 2.75) is 30.2 Å². The molecule has 0 fully saturated rings. The minimum atomic E-state index is -3.74. The molecule has 36 heavy (non-hydrogen) atoms. The highest BCUT2D eigenvalue weighted by Gasteiger charge is 2.39. The van der Waals surface area contributed by atoms with Crippen LogP contribution in [-0.4, -0.2) is 29.7 Å². The van der Waals surface area contributed by atoms with Gasteiger partial charge in [-0.3, -0.25) is 4.72 Å². The van der Waals surface area contributed by atoms with Crippen LogP contribution in [-0.2, 0) is 10.0 Å². The molecule has 0 unspecified atom stereocenters. The van der Waals surface area contributed by atoms with Gasteiger partial charge in [-0.15, -0.1) is 0 Å². The van der Waals surface area contributed by atoms with Crippen LogP contribution >= 0.6 is 0 Å². The molecule has 0 amide bonds. The number of benzene rings is 3. The van der Waals surface area contributed by atoms with Crippen LogP contribution in [0.4, 0.5) is 11.4 Å². The van der Waals surface area contributed by atoms with Gasteiger partial charge in [-0.2, -0.15) is 0 Å². The van der Waals surface area contributed by atoms with Crippen LogP contribution in [0.15, 0.2) is 71.6 Å². The van der Waals surface area contributed by atoms with Gasteiger partial charge in [-0.25, -0.2) is 8.42 Å². The lowest BCUT2D eigenvalue weighted by Crippen LogP contribution is -2.29. The van der Waals surface area contributed by atoms with E-state index in [0.717, 1.165) is 28.8 Å². The number of rotatable bonds is 7. The number of sulfonamides is 1. The van der Waals surface area contributed by atoms with Gasteiger partial charge in [-0.05, 0) is 72.4 Å². The zero-order valence-corrected chi connectivity index (χ0v) is 21.6. The summed E-state index contributed by atoms with van der Waals surface area (Å²) in [5, 5.41) is 3.66. The minimum Gasteiger partial charge on any atom is -0.493 e. The molecule has 0 radical (unpaired) electrons. The SMILES string of the molecule is COc1cc([C@H]2Nc3ccc(S(=O)(=O)Nc4ccccc4C)cc3[C@H]3C=CC[C@H]32)cc(OC)c1OC. The van der Waals surface area contributed by atoms with Gasteiger partial charge in [0.2, 0.25) is 5.75 Å². The number of ether oxygens (including phenoxy) is 3. The third-order valence-electron chi connectivity index (χ3n) is 7.08. The maximum atomic E-state index is 13.2. The van der Waals surface area contributed by atoms with E-state index in [2.05, 4.69) is 22.2 Å². The Morgan fingerprint density at radius 2 is 1.67 bits per heavy atom. The Balaban J connectivity index is 1.51. The van der Waals surface area contributed by atoms with Gasteiger partial charge in [0.15, 0.2) is 11.5 Å². The molecule has 7 nitrogen and oxygen atoms in total. The van der Waals surface area contributed by atoms with Gasteiger partial charge in [0.25, 0.3) is 10.0 Å². The third kappa shape index (κ3) is 4.15. The van der Waals surface area contributed by atoms with Gasteiger partial charge < -0.3 is 19.5 Å². The fourth-order valence-electron chi connectivity index (χ4n) is 5.24. The first-order chi connectivity index (χ1) is 17.4. The van der Waals surface area contributed by atoms with Crippen LogP contribution in [0.2, 0.25) is 0 Å². The topological polar surface area (TPSA) is 85.9 Å². The number of fused-ring (bicyclic) bond motifs is 3. The monoisotopic (exact) mass is 506 g/mol. The second-order valence-electron chi connectivity index (χ2n) is 9.10. The van der Waals surface area contributed by atoms with Crippen molar-refractivity contribution in [2.75, 3.05) is 31.4 Å². The number of anilines is 2. The molecule has 188 valence electrons. The van der Waals surface area contributed by atoms with Crippen LogP contribution in [0.3, 0.4) is 0 Å². The summed E-state index contributed by atoms with van der Waals surface area (Å²) in [4.78, 5) is 0.247. The van der Waals surface area contributed by atoms with Crippen LogP contribution in [0, 0.1) is 12.8 Å². The number of methoxy groups -OCH3 is 3. The van der Waals surface area contributed by atoms with Crippen molar-refractivity contribution in [2.24, 2.45) is 5.92 Å². The summed E-state index contributed by atoms with van der Waals surface area (Å²) in [6.45, 7) is 1.88. The van der Waals surface area contributed by atoms with E-state index in [1.807, 2.05) is 43.3 Å².